The summed E-state index contributed by atoms with van der Waals surface area (Å²) >= 11 is 6.12. The molecule has 2 rings (SSSR count). The van der Waals surface area contributed by atoms with E-state index in [0.29, 0.717) is 30.5 Å². The van der Waals surface area contributed by atoms with Gasteiger partial charge in [-0.25, -0.2) is 4.79 Å². The first-order valence-electron chi connectivity index (χ1n) is 6.28. The molecule has 1 aliphatic heterocycles. The first-order valence-corrected chi connectivity index (χ1v) is 6.66. The van der Waals surface area contributed by atoms with Crippen molar-refractivity contribution in [3.8, 4) is 5.75 Å². The van der Waals surface area contributed by atoms with Crippen molar-refractivity contribution in [2.24, 2.45) is 5.73 Å². The van der Waals surface area contributed by atoms with Gasteiger partial charge in [-0.2, -0.15) is 0 Å². The maximum absolute atomic E-state index is 11.3. The minimum atomic E-state index is -0.0557. The topological polar surface area (TPSA) is 67.6 Å². The first-order chi connectivity index (χ1) is 9.08. The lowest BCUT2D eigenvalue weighted by Gasteiger charge is -2.15. The van der Waals surface area contributed by atoms with Crippen molar-refractivity contribution in [1.29, 1.82) is 0 Å². The third-order valence-electron chi connectivity index (χ3n) is 3.05. The van der Waals surface area contributed by atoms with Crippen molar-refractivity contribution in [3.05, 3.63) is 28.8 Å². The van der Waals surface area contributed by atoms with Crippen molar-refractivity contribution in [3.63, 3.8) is 0 Å². The van der Waals surface area contributed by atoms with Gasteiger partial charge in [0.1, 0.15) is 12.4 Å². The van der Waals surface area contributed by atoms with Crippen LogP contribution in [0, 0.1) is 0 Å². The summed E-state index contributed by atoms with van der Waals surface area (Å²) in [5, 5.41) is 3.28. The average molecular weight is 284 g/mol. The SMILES string of the molecule is C[C@H](N)c1ccc(OCCN2CCNC2=O)c(Cl)c1. The zero-order chi connectivity index (χ0) is 13.8. The van der Waals surface area contributed by atoms with Gasteiger partial charge in [-0.15, -0.1) is 0 Å². The summed E-state index contributed by atoms with van der Waals surface area (Å²) in [5.74, 6) is 0.616. The number of nitrogens with two attached hydrogens (primary N) is 1. The van der Waals surface area contributed by atoms with E-state index in [0.717, 1.165) is 12.1 Å². The Kier molecular flexibility index (Phi) is 4.50. The molecule has 0 bridgehead atoms. The fourth-order valence-corrected chi connectivity index (χ4v) is 2.15. The van der Waals surface area contributed by atoms with Gasteiger partial charge >= 0.3 is 6.03 Å². The van der Waals surface area contributed by atoms with Crippen LogP contribution in [0.4, 0.5) is 4.79 Å². The van der Waals surface area contributed by atoms with Gasteiger partial charge in [0.15, 0.2) is 0 Å². The molecule has 0 aliphatic carbocycles. The smallest absolute Gasteiger partial charge is 0.317 e. The molecule has 1 heterocycles. The molecule has 2 amide bonds. The number of halogens is 1. The van der Waals surface area contributed by atoms with Gasteiger partial charge in [-0.3, -0.25) is 0 Å². The second-order valence-corrected chi connectivity index (χ2v) is 4.95. The van der Waals surface area contributed by atoms with Crippen molar-refractivity contribution in [1.82, 2.24) is 10.2 Å². The summed E-state index contributed by atoms with van der Waals surface area (Å²) in [6.45, 7) is 4.29. The van der Waals surface area contributed by atoms with Gasteiger partial charge < -0.3 is 20.7 Å². The van der Waals surface area contributed by atoms with Crippen LogP contribution in [-0.2, 0) is 0 Å². The van der Waals surface area contributed by atoms with Crippen LogP contribution in [0.3, 0.4) is 0 Å². The number of hydrogen-bond donors (Lipinski definition) is 2. The molecule has 0 unspecified atom stereocenters. The molecule has 0 spiro atoms. The van der Waals surface area contributed by atoms with Gasteiger partial charge in [-0.05, 0) is 24.6 Å². The molecule has 5 nitrogen and oxygen atoms in total. The van der Waals surface area contributed by atoms with Gasteiger partial charge in [-0.1, -0.05) is 17.7 Å². The molecule has 0 saturated carbocycles. The molecule has 1 saturated heterocycles. The van der Waals surface area contributed by atoms with Crippen LogP contribution >= 0.6 is 11.6 Å². The highest BCUT2D eigenvalue weighted by molar-refractivity contribution is 6.32. The lowest BCUT2D eigenvalue weighted by atomic mass is 10.1. The number of benzene rings is 1. The van der Waals surface area contributed by atoms with E-state index in [1.807, 2.05) is 25.1 Å². The van der Waals surface area contributed by atoms with Gasteiger partial charge in [0.05, 0.1) is 11.6 Å². The Morgan fingerprint density at radius 3 is 2.95 bits per heavy atom. The lowest BCUT2D eigenvalue weighted by molar-refractivity contribution is 0.202. The number of rotatable bonds is 5. The molecule has 104 valence electrons. The monoisotopic (exact) mass is 283 g/mol. The normalized spacial score (nSPS) is 16.4. The minimum absolute atomic E-state index is 0.0398. The van der Waals surface area contributed by atoms with Crippen LogP contribution in [-0.4, -0.2) is 37.2 Å². The average Bonchev–Trinajstić information content (AvgIpc) is 2.77. The van der Waals surface area contributed by atoms with E-state index in [1.54, 1.807) is 4.90 Å². The van der Waals surface area contributed by atoms with E-state index in [2.05, 4.69) is 5.32 Å². The van der Waals surface area contributed by atoms with Gasteiger partial charge in [0.2, 0.25) is 0 Å². The van der Waals surface area contributed by atoms with Crippen molar-refractivity contribution in [2.75, 3.05) is 26.2 Å². The highest BCUT2D eigenvalue weighted by atomic mass is 35.5. The number of carbonyl (C=O) groups is 1. The fourth-order valence-electron chi connectivity index (χ4n) is 1.91. The maximum atomic E-state index is 11.3. The quantitative estimate of drug-likeness (QED) is 0.865. The number of nitrogens with zero attached hydrogens (tertiary/aromatic N) is 1. The Balaban J connectivity index is 1.87. The van der Waals surface area contributed by atoms with E-state index in [9.17, 15) is 4.79 Å². The zero-order valence-electron chi connectivity index (χ0n) is 10.9. The molecule has 0 radical (unpaired) electrons. The van der Waals surface area contributed by atoms with Crippen molar-refractivity contribution in [2.45, 2.75) is 13.0 Å². The molecular formula is C13H18ClN3O2. The standard InChI is InChI=1S/C13H18ClN3O2/c1-9(15)10-2-3-12(11(14)8-10)19-7-6-17-5-4-16-13(17)18/h2-3,8-9H,4-7,15H2,1H3,(H,16,18)/t9-/m0/s1. The number of nitrogens with one attached hydrogen (secondary N) is 1. The highest BCUT2D eigenvalue weighted by Gasteiger charge is 2.18. The van der Waals surface area contributed by atoms with E-state index >= 15 is 0 Å². The molecule has 1 fully saturated rings. The van der Waals surface area contributed by atoms with Crippen LogP contribution in [0.2, 0.25) is 5.02 Å². The van der Waals surface area contributed by atoms with Crippen molar-refractivity contribution >= 4 is 17.6 Å². The molecule has 1 aromatic rings. The summed E-state index contributed by atoms with van der Waals surface area (Å²) in [6.07, 6.45) is 0. The summed E-state index contributed by atoms with van der Waals surface area (Å²) < 4.78 is 5.59. The Morgan fingerprint density at radius 1 is 1.58 bits per heavy atom. The Labute approximate surface area is 117 Å². The Morgan fingerprint density at radius 2 is 2.37 bits per heavy atom. The zero-order valence-corrected chi connectivity index (χ0v) is 11.6. The number of ether oxygens (including phenoxy) is 1. The molecular weight excluding hydrogens is 266 g/mol. The summed E-state index contributed by atoms with van der Waals surface area (Å²) in [6, 6.07) is 5.42. The number of amides is 2. The van der Waals surface area contributed by atoms with Crippen LogP contribution in [0.5, 0.6) is 5.75 Å². The largest absolute Gasteiger partial charge is 0.490 e. The Bertz CT molecular complexity index is 465. The van der Waals surface area contributed by atoms with E-state index in [1.165, 1.54) is 0 Å². The lowest BCUT2D eigenvalue weighted by Crippen LogP contribution is -2.31. The molecule has 19 heavy (non-hydrogen) atoms. The van der Waals surface area contributed by atoms with Crippen LogP contribution in [0.25, 0.3) is 0 Å². The second-order valence-electron chi connectivity index (χ2n) is 4.55. The molecule has 0 aromatic heterocycles. The predicted molar refractivity (Wildman–Crippen MR) is 74.5 cm³/mol. The summed E-state index contributed by atoms with van der Waals surface area (Å²) in [7, 11) is 0. The van der Waals surface area contributed by atoms with Crippen LogP contribution < -0.4 is 15.8 Å². The predicted octanol–water partition coefficient (Wildman–Crippen LogP) is 1.76. The van der Waals surface area contributed by atoms with Gasteiger partial charge in [0, 0.05) is 19.1 Å². The molecule has 1 atom stereocenters. The van der Waals surface area contributed by atoms with E-state index < -0.39 is 0 Å². The van der Waals surface area contributed by atoms with Crippen LogP contribution in [0.1, 0.15) is 18.5 Å². The maximum Gasteiger partial charge on any atom is 0.317 e. The van der Waals surface area contributed by atoms with E-state index in [4.69, 9.17) is 22.1 Å². The minimum Gasteiger partial charge on any atom is -0.490 e. The van der Waals surface area contributed by atoms with Crippen LogP contribution in [0.15, 0.2) is 18.2 Å². The molecule has 1 aromatic carbocycles. The highest BCUT2D eigenvalue weighted by Crippen LogP contribution is 2.27. The second kappa shape index (κ2) is 6.12. The molecule has 1 aliphatic rings. The summed E-state index contributed by atoms with van der Waals surface area (Å²) in [4.78, 5) is 13.0. The molecule has 6 heteroatoms. The fraction of sp³-hybridized carbons (Fsp3) is 0.462. The summed E-state index contributed by atoms with van der Waals surface area (Å²) in [5.41, 5.74) is 6.75. The number of hydrogen-bond acceptors (Lipinski definition) is 3. The number of urea groups is 1. The third-order valence-corrected chi connectivity index (χ3v) is 3.34. The first kappa shape index (κ1) is 14.0. The third kappa shape index (κ3) is 3.52. The number of carbonyl (C=O) groups excluding carboxylic acids is 1. The van der Waals surface area contributed by atoms with Gasteiger partial charge in [0.25, 0.3) is 0 Å². The Hall–Kier alpha value is -1.46. The molecule has 3 N–H and O–H groups in total. The van der Waals surface area contributed by atoms with E-state index in [-0.39, 0.29) is 12.1 Å². The van der Waals surface area contributed by atoms with Crippen molar-refractivity contribution < 1.29 is 9.53 Å².